The second-order valence-electron chi connectivity index (χ2n) is 5.74. The van der Waals surface area contributed by atoms with E-state index in [4.69, 9.17) is 4.74 Å². The molecule has 1 fully saturated rings. The molecule has 0 aromatic heterocycles. The zero-order chi connectivity index (χ0) is 16.9. The van der Waals surface area contributed by atoms with Crippen LogP contribution >= 0.6 is 0 Å². The van der Waals surface area contributed by atoms with Crippen molar-refractivity contribution in [3.63, 3.8) is 0 Å². The molecule has 0 spiro atoms. The molecule has 0 bridgehead atoms. The summed E-state index contributed by atoms with van der Waals surface area (Å²) in [6.07, 6.45) is 4.02. The molecule has 1 N–H and O–H groups in total. The maximum atomic E-state index is 12.8. The number of aliphatic carboxylic acids is 1. The Labute approximate surface area is 134 Å². The van der Waals surface area contributed by atoms with E-state index < -0.39 is 11.4 Å². The lowest BCUT2D eigenvalue weighted by molar-refractivity contribution is -0.151. The highest BCUT2D eigenvalue weighted by Gasteiger charge is 2.46. The number of nitrogens with zero attached hydrogens (tertiary/aromatic N) is 1. The third-order valence-corrected chi connectivity index (χ3v) is 4.05. The molecule has 1 aromatic rings. The Morgan fingerprint density at radius 3 is 2.70 bits per heavy atom. The summed E-state index contributed by atoms with van der Waals surface area (Å²) in [6.45, 7) is 0.676. The van der Waals surface area contributed by atoms with E-state index in [-0.39, 0.29) is 31.3 Å². The number of carbonyl (C=O) groups excluding carboxylic acids is 1. The second kappa shape index (κ2) is 7.37. The molecule has 0 aliphatic carbocycles. The third kappa shape index (κ3) is 4.16. The van der Waals surface area contributed by atoms with E-state index in [0.29, 0.717) is 13.0 Å². The number of likely N-dealkylation sites (tertiary alicyclic amines) is 1. The van der Waals surface area contributed by atoms with Gasteiger partial charge in [0.05, 0.1) is 6.61 Å². The minimum atomic E-state index is -1.01. The Morgan fingerprint density at radius 1 is 1.39 bits per heavy atom. The second-order valence-corrected chi connectivity index (χ2v) is 5.74. The molecule has 23 heavy (non-hydrogen) atoms. The molecule has 1 aromatic carbocycles. The fourth-order valence-corrected chi connectivity index (χ4v) is 2.71. The Morgan fingerprint density at radius 2 is 2.09 bits per heavy atom. The summed E-state index contributed by atoms with van der Waals surface area (Å²) in [4.78, 5) is 25.2. The van der Waals surface area contributed by atoms with Crippen LogP contribution in [0.3, 0.4) is 0 Å². The molecule has 2 rings (SSSR count). The van der Waals surface area contributed by atoms with Crippen LogP contribution < -0.4 is 0 Å². The van der Waals surface area contributed by atoms with Gasteiger partial charge < -0.3 is 14.7 Å². The SMILES string of the molecule is COCC1(C(=O)O)CCN(C(=O)C/C=C/c2ccc(F)cc2)C1. The van der Waals surface area contributed by atoms with E-state index in [2.05, 4.69) is 0 Å². The minimum Gasteiger partial charge on any atom is -0.481 e. The average Bonchev–Trinajstić information content (AvgIpc) is 2.95. The van der Waals surface area contributed by atoms with E-state index in [1.54, 1.807) is 29.2 Å². The highest BCUT2D eigenvalue weighted by atomic mass is 19.1. The summed E-state index contributed by atoms with van der Waals surface area (Å²) < 4.78 is 17.8. The van der Waals surface area contributed by atoms with Crippen molar-refractivity contribution >= 4 is 18.0 Å². The van der Waals surface area contributed by atoms with Gasteiger partial charge in [0.1, 0.15) is 11.2 Å². The predicted molar refractivity (Wildman–Crippen MR) is 83.2 cm³/mol. The lowest BCUT2D eigenvalue weighted by Gasteiger charge is -2.23. The van der Waals surface area contributed by atoms with Crippen LogP contribution in [-0.4, -0.2) is 48.7 Å². The number of ether oxygens (including phenoxy) is 1. The molecule has 6 heteroatoms. The molecule has 1 aliphatic rings. The largest absolute Gasteiger partial charge is 0.481 e. The van der Waals surface area contributed by atoms with Gasteiger partial charge in [-0.3, -0.25) is 9.59 Å². The monoisotopic (exact) mass is 321 g/mol. The van der Waals surface area contributed by atoms with Gasteiger partial charge in [0.15, 0.2) is 0 Å². The number of halogens is 1. The number of hydrogen-bond acceptors (Lipinski definition) is 3. The van der Waals surface area contributed by atoms with Crippen molar-refractivity contribution in [3.05, 3.63) is 41.7 Å². The summed E-state index contributed by atoms with van der Waals surface area (Å²) in [7, 11) is 1.46. The number of benzene rings is 1. The third-order valence-electron chi connectivity index (χ3n) is 4.05. The predicted octanol–water partition coefficient (Wildman–Crippen LogP) is 2.18. The summed E-state index contributed by atoms with van der Waals surface area (Å²) in [5.41, 5.74) is -0.203. The van der Waals surface area contributed by atoms with E-state index in [1.807, 2.05) is 0 Å². The maximum absolute atomic E-state index is 12.8. The van der Waals surface area contributed by atoms with Crippen LogP contribution in [0.2, 0.25) is 0 Å². The summed E-state index contributed by atoms with van der Waals surface area (Å²) in [6, 6.07) is 5.96. The summed E-state index contributed by atoms with van der Waals surface area (Å²) in [5, 5.41) is 9.38. The van der Waals surface area contributed by atoms with Crippen LogP contribution in [-0.2, 0) is 14.3 Å². The number of methoxy groups -OCH3 is 1. The number of amides is 1. The van der Waals surface area contributed by atoms with Crippen molar-refractivity contribution in [1.82, 2.24) is 4.90 Å². The first-order valence-corrected chi connectivity index (χ1v) is 7.39. The first-order chi connectivity index (χ1) is 11.0. The number of carbonyl (C=O) groups is 2. The summed E-state index contributed by atoms with van der Waals surface area (Å²) in [5.74, 6) is -1.36. The molecule has 1 unspecified atom stereocenters. The maximum Gasteiger partial charge on any atom is 0.313 e. The first kappa shape index (κ1) is 17.1. The van der Waals surface area contributed by atoms with Crippen molar-refractivity contribution in [2.75, 3.05) is 26.8 Å². The fourth-order valence-electron chi connectivity index (χ4n) is 2.71. The van der Waals surface area contributed by atoms with Crippen molar-refractivity contribution < 1.29 is 23.8 Å². The standard InChI is InChI=1S/C17H20FNO4/c1-23-12-17(16(21)22)9-10-19(11-17)15(20)4-2-3-13-5-7-14(18)8-6-13/h2-3,5-8H,4,9-12H2,1H3,(H,21,22)/b3-2+. The zero-order valence-corrected chi connectivity index (χ0v) is 13.0. The Kier molecular flexibility index (Phi) is 5.50. The number of carboxylic acids is 1. The molecule has 1 heterocycles. The number of carboxylic acid groups (broad SMARTS) is 1. The molecule has 1 atom stereocenters. The molecule has 1 saturated heterocycles. The molecule has 1 aliphatic heterocycles. The number of hydrogen-bond donors (Lipinski definition) is 1. The van der Waals surface area contributed by atoms with Crippen LogP contribution in [0.15, 0.2) is 30.3 Å². The minimum absolute atomic E-state index is 0.0948. The van der Waals surface area contributed by atoms with Gasteiger partial charge in [-0.1, -0.05) is 24.3 Å². The van der Waals surface area contributed by atoms with Gasteiger partial charge in [-0.25, -0.2) is 4.39 Å². The topological polar surface area (TPSA) is 66.8 Å². The molecule has 1 amide bonds. The lowest BCUT2D eigenvalue weighted by Crippen LogP contribution is -2.40. The Hall–Kier alpha value is -2.21. The van der Waals surface area contributed by atoms with Gasteiger partial charge in [-0.15, -0.1) is 0 Å². The zero-order valence-electron chi connectivity index (χ0n) is 13.0. The lowest BCUT2D eigenvalue weighted by atomic mass is 9.88. The van der Waals surface area contributed by atoms with E-state index in [0.717, 1.165) is 5.56 Å². The smallest absolute Gasteiger partial charge is 0.313 e. The van der Waals surface area contributed by atoms with E-state index in [1.165, 1.54) is 19.2 Å². The van der Waals surface area contributed by atoms with Crippen LogP contribution in [0.25, 0.3) is 6.08 Å². The number of rotatable bonds is 6. The van der Waals surface area contributed by atoms with Gasteiger partial charge in [0.25, 0.3) is 0 Å². The Balaban J connectivity index is 1.91. The molecule has 124 valence electrons. The van der Waals surface area contributed by atoms with Gasteiger partial charge in [-0.2, -0.15) is 0 Å². The van der Waals surface area contributed by atoms with Gasteiger partial charge in [-0.05, 0) is 24.1 Å². The van der Waals surface area contributed by atoms with Gasteiger partial charge in [0, 0.05) is 26.6 Å². The van der Waals surface area contributed by atoms with Crippen molar-refractivity contribution in [2.24, 2.45) is 5.41 Å². The highest BCUT2D eigenvalue weighted by Crippen LogP contribution is 2.31. The van der Waals surface area contributed by atoms with Crippen LogP contribution in [0.1, 0.15) is 18.4 Å². The van der Waals surface area contributed by atoms with Crippen LogP contribution in [0, 0.1) is 11.2 Å². The Bertz CT molecular complexity index is 599. The van der Waals surface area contributed by atoms with E-state index >= 15 is 0 Å². The van der Waals surface area contributed by atoms with Crippen LogP contribution in [0.4, 0.5) is 4.39 Å². The first-order valence-electron chi connectivity index (χ1n) is 7.39. The molecule has 0 saturated carbocycles. The molecule has 0 radical (unpaired) electrons. The van der Waals surface area contributed by atoms with Crippen LogP contribution in [0.5, 0.6) is 0 Å². The normalized spacial score (nSPS) is 21.0. The molecule has 5 nitrogen and oxygen atoms in total. The van der Waals surface area contributed by atoms with Gasteiger partial charge in [0.2, 0.25) is 5.91 Å². The van der Waals surface area contributed by atoms with Crippen molar-refractivity contribution in [2.45, 2.75) is 12.8 Å². The average molecular weight is 321 g/mol. The van der Waals surface area contributed by atoms with Crippen molar-refractivity contribution in [3.8, 4) is 0 Å². The quantitative estimate of drug-likeness (QED) is 0.872. The summed E-state index contributed by atoms with van der Waals surface area (Å²) >= 11 is 0. The molecular weight excluding hydrogens is 301 g/mol. The van der Waals surface area contributed by atoms with Crippen molar-refractivity contribution in [1.29, 1.82) is 0 Å². The highest BCUT2D eigenvalue weighted by molar-refractivity contribution is 5.82. The van der Waals surface area contributed by atoms with Gasteiger partial charge >= 0.3 is 5.97 Å². The molecular formula is C17H20FNO4. The fraction of sp³-hybridized carbons (Fsp3) is 0.412. The van der Waals surface area contributed by atoms with E-state index in [9.17, 15) is 19.1 Å².